The van der Waals surface area contributed by atoms with Crippen molar-refractivity contribution in [2.45, 2.75) is 13.0 Å². The van der Waals surface area contributed by atoms with E-state index in [1.807, 2.05) is 18.9 Å². The average Bonchev–Trinajstić information content (AvgIpc) is 1.88. The Hall–Kier alpha value is -0.120. The van der Waals surface area contributed by atoms with Crippen LogP contribution in [0.2, 0.25) is 0 Å². The van der Waals surface area contributed by atoms with Gasteiger partial charge in [-0.25, -0.2) is 0 Å². The molecule has 0 amide bonds. The molecule has 1 unspecified atom stereocenters. The molecule has 0 aliphatic carbocycles. The second kappa shape index (κ2) is 5.65. The van der Waals surface area contributed by atoms with Gasteiger partial charge in [-0.1, -0.05) is 0 Å². The highest BCUT2D eigenvalue weighted by molar-refractivity contribution is 4.55. The van der Waals surface area contributed by atoms with E-state index in [1.54, 1.807) is 7.11 Å². The SMILES string of the molecule is COC(C)CN(C)CCO. The molecule has 0 saturated heterocycles. The van der Waals surface area contributed by atoms with Crippen LogP contribution in [0.1, 0.15) is 6.92 Å². The summed E-state index contributed by atoms with van der Waals surface area (Å²) in [4.78, 5) is 2.04. The minimum atomic E-state index is 0.215. The maximum Gasteiger partial charge on any atom is 0.0670 e. The van der Waals surface area contributed by atoms with Gasteiger partial charge in [-0.15, -0.1) is 0 Å². The maximum absolute atomic E-state index is 8.54. The number of nitrogens with zero attached hydrogens (tertiary/aromatic N) is 1. The van der Waals surface area contributed by atoms with Gasteiger partial charge in [0.05, 0.1) is 12.7 Å². The molecular weight excluding hydrogens is 130 g/mol. The number of rotatable bonds is 5. The first-order chi connectivity index (χ1) is 4.70. The third kappa shape index (κ3) is 4.73. The Balaban J connectivity index is 3.27. The molecule has 0 aromatic heterocycles. The molecule has 0 aromatic rings. The summed E-state index contributed by atoms with van der Waals surface area (Å²) in [6.45, 7) is 3.81. The Morgan fingerprint density at radius 2 is 2.20 bits per heavy atom. The molecule has 0 fully saturated rings. The molecule has 0 bridgehead atoms. The highest BCUT2D eigenvalue weighted by Crippen LogP contribution is 1.90. The Morgan fingerprint density at radius 3 is 2.60 bits per heavy atom. The van der Waals surface area contributed by atoms with Gasteiger partial charge in [0.25, 0.3) is 0 Å². The average molecular weight is 147 g/mol. The van der Waals surface area contributed by atoms with E-state index in [2.05, 4.69) is 0 Å². The van der Waals surface area contributed by atoms with Crippen LogP contribution >= 0.6 is 0 Å². The van der Waals surface area contributed by atoms with Crippen molar-refractivity contribution in [2.75, 3.05) is 33.9 Å². The predicted octanol–water partition coefficient (Wildman–Crippen LogP) is -0.0546. The number of aliphatic hydroxyl groups excluding tert-OH is 1. The van der Waals surface area contributed by atoms with Crippen LogP contribution < -0.4 is 0 Å². The second-order valence-corrected chi connectivity index (χ2v) is 2.53. The Kier molecular flexibility index (Phi) is 5.58. The van der Waals surface area contributed by atoms with Crippen molar-refractivity contribution in [3.63, 3.8) is 0 Å². The number of aliphatic hydroxyl groups is 1. The van der Waals surface area contributed by atoms with Crippen LogP contribution in [0.3, 0.4) is 0 Å². The molecule has 1 atom stereocenters. The fraction of sp³-hybridized carbons (Fsp3) is 1.00. The minimum Gasteiger partial charge on any atom is -0.395 e. The van der Waals surface area contributed by atoms with E-state index < -0.39 is 0 Å². The van der Waals surface area contributed by atoms with Gasteiger partial charge in [-0.05, 0) is 14.0 Å². The van der Waals surface area contributed by atoms with Crippen molar-refractivity contribution < 1.29 is 9.84 Å². The van der Waals surface area contributed by atoms with Crippen LogP contribution in [0.15, 0.2) is 0 Å². The Bertz CT molecular complexity index is 78.0. The molecule has 0 heterocycles. The molecule has 0 spiro atoms. The molecule has 3 heteroatoms. The van der Waals surface area contributed by atoms with Crippen molar-refractivity contribution >= 4 is 0 Å². The predicted molar refractivity (Wildman–Crippen MR) is 41.1 cm³/mol. The summed E-state index contributed by atoms with van der Waals surface area (Å²) in [5.41, 5.74) is 0. The molecule has 3 nitrogen and oxygen atoms in total. The van der Waals surface area contributed by atoms with E-state index in [0.29, 0.717) is 6.54 Å². The first kappa shape index (κ1) is 9.88. The van der Waals surface area contributed by atoms with Crippen LogP contribution in [0.4, 0.5) is 0 Å². The topological polar surface area (TPSA) is 32.7 Å². The lowest BCUT2D eigenvalue weighted by molar-refractivity contribution is 0.0798. The fourth-order valence-corrected chi connectivity index (χ4v) is 0.775. The molecule has 0 aliphatic rings. The Labute approximate surface area is 62.6 Å². The monoisotopic (exact) mass is 147 g/mol. The van der Waals surface area contributed by atoms with E-state index in [-0.39, 0.29) is 12.7 Å². The third-order valence-corrected chi connectivity index (χ3v) is 1.45. The molecule has 1 N–H and O–H groups in total. The lowest BCUT2D eigenvalue weighted by atomic mass is 10.4. The van der Waals surface area contributed by atoms with Crippen molar-refractivity contribution in [3.8, 4) is 0 Å². The summed E-state index contributed by atoms with van der Waals surface area (Å²) in [6, 6.07) is 0. The van der Waals surface area contributed by atoms with Gasteiger partial charge in [0, 0.05) is 20.2 Å². The van der Waals surface area contributed by atoms with Gasteiger partial charge in [0.2, 0.25) is 0 Å². The van der Waals surface area contributed by atoms with Crippen LogP contribution in [0, 0.1) is 0 Å². The van der Waals surface area contributed by atoms with Gasteiger partial charge in [0.1, 0.15) is 0 Å². The summed E-state index contributed by atoms with van der Waals surface area (Å²) < 4.78 is 5.04. The first-order valence-electron chi connectivity index (χ1n) is 3.53. The number of ether oxygens (including phenoxy) is 1. The molecule has 0 aliphatic heterocycles. The molecule has 10 heavy (non-hydrogen) atoms. The van der Waals surface area contributed by atoms with E-state index in [9.17, 15) is 0 Å². The zero-order valence-corrected chi connectivity index (χ0v) is 7.00. The lowest BCUT2D eigenvalue weighted by Gasteiger charge is -2.18. The van der Waals surface area contributed by atoms with Crippen molar-refractivity contribution in [3.05, 3.63) is 0 Å². The highest BCUT2D eigenvalue weighted by atomic mass is 16.5. The number of hydrogen-bond donors (Lipinski definition) is 1. The molecular formula is C7H17NO2. The molecule has 62 valence electrons. The molecule has 0 saturated carbocycles. The van der Waals surface area contributed by atoms with E-state index in [0.717, 1.165) is 6.54 Å². The molecule has 0 rings (SSSR count). The zero-order valence-electron chi connectivity index (χ0n) is 7.00. The van der Waals surface area contributed by atoms with Gasteiger partial charge in [0.15, 0.2) is 0 Å². The van der Waals surface area contributed by atoms with Crippen molar-refractivity contribution in [1.82, 2.24) is 4.90 Å². The summed E-state index contributed by atoms with van der Waals surface area (Å²) in [6.07, 6.45) is 0.247. The summed E-state index contributed by atoms with van der Waals surface area (Å²) >= 11 is 0. The number of hydrogen-bond acceptors (Lipinski definition) is 3. The van der Waals surface area contributed by atoms with Gasteiger partial charge in [-0.3, -0.25) is 0 Å². The van der Waals surface area contributed by atoms with Crippen LogP contribution in [-0.4, -0.2) is 50.0 Å². The van der Waals surface area contributed by atoms with Crippen LogP contribution in [-0.2, 0) is 4.74 Å². The standard InChI is InChI=1S/C7H17NO2/c1-7(10-3)6-8(2)4-5-9/h7,9H,4-6H2,1-3H3. The third-order valence-electron chi connectivity index (χ3n) is 1.45. The van der Waals surface area contributed by atoms with Crippen LogP contribution in [0.25, 0.3) is 0 Å². The molecule has 0 aromatic carbocycles. The number of likely N-dealkylation sites (N-methyl/N-ethyl adjacent to an activating group) is 1. The second-order valence-electron chi connectivity index (χ2n) is 2.53. The van der Waals surface area contributed by atoms with Gasteiger partial charge < -0.3 is 14.7 Å². The van der Waals surface area contributed by atoms with E-state index in [1.165, 1.54) is 0 Å². The summed E-state index contributed by atoms with van der Waals surface area (Å²) in [5, 5.41) is 8.54. The van der Waals surface area contributed by atoms with Gasteiger partial charge in [-0.2, -0.15) is 0 Å². The maximum atomic E-state index is 8.54. The smallest absolute Gasteiger partial charge is 0.0670 e. The summed E-state index contributed by atoms with van der Waals surface area (Å²) in [5.74, 6) is 0. The van der Waals surface area contributed by atoms with E-state index >= 15 is 0 Å². The lowest BCUT2D eigenvalue weighted by Crippen LogP contribution is -2.30. The first-order valence-corrected chi connectivity index (χ1v) is 3.53. The normalized spacial score (nSPS) is 14.1. The van der Waals surface area contributed by atoms with Crippen LogP contribution in [0.5, 0.6) is 0 Å². The van der Waals surface area contributed by atoms with Gasteiger partial charge >= 0.3 is 0 Å². The fourth-order valence-electron chi connectivity index (χ4n) is 0.775. The quantitative estimate of drug-likeness (QED) is 0.591. The highest BCUT2D eigenvalue weighted by Gasteiger charge is 2.02. The minimum absolute atomic E-state index is 0.215. The largest absolute Gasteiger partial charge is 0.395 e. The molecule has 0 radical (unpaired) electrons. The van der Waals surface area contributed by atoms with E-state index in [4.69, 9.17) is 9.84 Å². The summed E-state index contributed by atoms with van der Waals surface area (Å²) in [7, 11) is 3.66. The Morgan fingerprint density at radius 1 is 1.60 bits per heavy atom. The zero-order chi connectivity index (χ0) is 7.98. The van der Waals surface area contributed by atoms with Crippen molar-refractivity contribution in [2.24, 2.45) is 0 Å². The number of methoxy groups -OCH3 is 1. The van der Waals surface area contributed by atoms with Crippen molar-refractivity contribution in [1.29, 1.82) is 0 Å².